The van der Waals surface area contributed by atoms with Gasteiger partial charge in [0.25, 0.3) is 0 Å². The average Bonchev–Trinajstić information content (AvgIpc) is 2.36. The SMILES string of the molecule is CN1CCN(CC(=O)Nc2ccc(F)cc2Cl)CC1. The minimum atomic E-state index is -0.415. The molecule has 2 rings (SSSR count). The fraction of sp³-hybridized carbons (Fsp3) is 0.462. The molecule has 0 atom stereocenters. The summed E-state index contributed by atoms with van der Waals surface area (Å²) in [6.07, 6.45) is 0. The minimum absolute atomic E-state index is 0.127. The number of carbonyl (C=O) groups excluding carboxylic acids is 1. The Balaban J connectivity index is 1.87. The number of anilines is 1. The molecule has 0 aliphatic carbocycles. The first-order valence-corrected chi connectivity index (χ1v) is 6.58. The highest BCUT2D eigenvalue weighted by molar-refractivity contribution is 6.33. The predicted octanol–water partition coefficient (Wildman–Crippen LogP) is 1.66. The van der Waals surface area contributed by atoms with Crippen LogP contribution >= 0.6 is 11.6 Å². The van der Waals surface area contributed by atoms with E-state index in [0.29, 0.717) is 12.2 Å². The zero-order valence-corrected chi connectivity index (χ0v) is 11.6. The van der Waals surface area contributed by atoms with Crippen molar-refractivity contribution in [2.24, 2.45) is 0 Å². The van der Waals surface area contributed by atoms with E-state index in [-0.39, 0.29) is 10.9 Å². The van der Waals surface area contributed by atoms with Crippen LogP contribution in [0.1, 0.15) is 0 Å². The van der Waals surface area contributed by atoms with Crippen molar-refractivity contribution in [3.63, 3.8) is 0 Å². The first-order valence-electron chi connectivity index (χ1n) is 6.20. The van der Waals surface area contributed by atoms with Gasteiger partial charge in [-0.1, -0.05) is 11.6 Å². The summed E-state index contributed by atoms with van der Waals surface area (Å²) in [4.78, 5) is 16.2. The molecule has 104 valence electrons. The molecule has 1 heterocycles. The van der Waals surface area contributed by atoms with Gasteiger partial charge in [0.05, 0.1) is 17.3 Å². The number of likely N-dealkylation sites (N-methyl/N-ethyl adjacent to an activating group) is 1. The van der Waals surface area contributed by atoms with Crippen molar-refractivity contribution < 1.29 is 9.18 Å². The van der Waals surface area contributed by atoms with Crippen LogP contribution in [-0.2, 0) is 4.79 Å². The van der Waals surface area contributed by atoms with Crippen LogP contribution < -0.4 is 5.32 Å². The lowest BCUT2D eigenvalue weighted by atomic mass is 10.3. The maximum Gasteiger partial charge on any atom is 0.238 e. The van der Waals surface area contributed by atoms with Gasteiger partial charge in [-0.3, -0.25) is 9.69 Å². The Bertz CT molecular complexity index is 461. The second-order valence-electron chi connectivity index (χ2n) is 4.75. The lowest BCUT2D eigenvalue weighted by Crippen LogP contribution is -2.47. The Labute approximate surface area is 117 Å². The van der Waals surface area contributed by atoms with Crippen molar-refractivity contribution in [2.75, 3.05) is 45.1 Å². The molecule has 1 aromatic rings. The molecular formula is C13H17ClFN3O. The van der Waals surface area contributed by atoms with E-state index < -0.39 is 5.82 Å². The fourth-order valence-electron chi connectivity index (χ4n) is 1.99. The number of nitrogens with one attached hydrogen (secondary N) is 1. The molecule has 6 heteroatoms. The maximum atomic E-state index is 12.9. The van der Waals surface area contributed by atoms with Gasteiger partial charge in [-0.25, -0.2) is 4.39 Å². The van der Waals surface area contributed by atoms with Crippen LogP contribution in [-0.4, -0.2) is 55.5 Å². The molecule has 0 unspecified atom stereocenters. The molecule has 1 aliphatic rings. The van der Waals surface area contributed by atoms with Gasteiger partial charge in [-0.2, -0.15) is 0 Å². The normalized spacial score (nSPS) is 17.4. The van der Waals surface area contributed by atoms with E-state index in [1.54, 1.807) is 0 Å². The summed E-state index contributed by atoms with van der Waals surface area (Å²) in [7, 11) is 2.07. The Hall–Kier alpha value is -1.17. The molecule has 1 fully saturated rings. The summed E-state index contributed by atoms with van der Waals surface area (Å²) in [5.74, 6) is -0.542. The minimum Gasteiger partial charge on any atom is -0.324 e. The van der Waals surface area contributed by atoms with E-state index in [2.05, 4.69) is 22.2 Å². The molecule has 0 aromatic heterocycles. The monoisotopic (exact) mass is 285 g/mol. The molecule has 0 spiro atoms. The lowest BCUT2D eigenvalue weighted by Gasteiger charge is -2.31. The van der Waals surface area contributed by atoms with Gasteiger partial charge >= 0.3 is 0 Å². The third kappa shape index (κ3) is 4.16. The van der Waals surface area contributed by atoms with E-state index in [9.17, 15) is 9.18 Å². The number of nitrogens with zero attached hydrogens (tertiary/aromatic N) is 2. The molecule has 0 saturated carbocycles. The van der Waals surface area contributed by atoms with Gasteiger partial charge in [0, 0.05) is 26.2 Å². The molecule has 19 heavy (non-hydrogen) atoms. The summed E-state index contributed by atoms with van der Waals surface area (Å²) in [5.41, 5.74) is 0.446. The van der Waals surface area contributed by atoms with Gasteiger partial charge in [0.1, 0.15) is 5.82 Å². The maximum absolute atomic E-state index is 12.9. The van der Waals surface area contributed by atoms with Gasteiger partial charge in [-0.15, -0.1) is 0 Å². The van der Waals surface area contributed by atoms with Crippen LogP contribution in [0.3, 0.4) is 0 Å². The van der Waals surface area contributed by atoms with Crippen molar-refractivity contribution >= 4 is 23.2 Å². The van der Waals surface area contributed by atoms with Crippen molar-refractivity contribution in [3.05, 3.63) is 29.0 Å². The smallest absolute Gasteiger partial charge is 0.238 e. The third-order valence-corrected chi connectivity index (χ3v) is 3.48. The van der Waals surface area contributed by atoms with Gasteiger partial charge in [0.15, 0.2) is 0 Å². The molecule has 4 nitrogen and oxygen atoms in total. The molecule has 0 bridgehead atoms. The number of hydrogen-bond acceptors (Lipinski definition) is 3. The van der Waals surface area contributed by atoms with Crippen LogP contribution in [0.15, 0.2) is 18.2 Å². The van der Waals surface area contributed by atoms with E-state index in [1.165, 1.54) is 18.2 Å². The standard InChI is InChI=1S/C13H17ClFN3O/c1-17-4-6-18(7-5-17)9-13(19)16-12-3-2-10(15)8-11(12)14/h2-3,8H,4-7,9H2,1H3,(H,16,19). The number of halogens is 2. The molecule has 0 radical (unpaired) electrons. The number of carbonyl (C=O) groups is 1. The summed E-state index contributed by atoms with van der Waals surface area (Å²) < 4.78 is 12.9. The molecule has 1 aliphatic heterocycles. The van der Waals surface area contributed by atoms with Crippen molar-refractivity contribution in [1.29, 1.82) is 0 Å². The highest BCUT2D eigenvalue weighted by atomic mass is 35.5. The first-order chi connectivity index (χ1) is 9.04. The largest absolute Gasteiger partial charge is 0.324 e. The summed E-state index contributed by atoms with van der Waals surface area (Å²) in [6, 6.07) is 3.93. The van der Waals surface area contributed by atoms with Crippen LogP contribution in [0, 0.1) is 5.82 Å². The van der Waals surface area contributed by atoms with Crippen molar-refractivity contribution in [2.45, 2.75) is 0 Å². The van der Waals surface area contributed by atoms with E-state index >= 15 is 0 Å². The second-order valence-corrected chi connectivity index (χ2v) is 5.16. The number of rotatable bonds is 3. The molecule has 1 saturated heterocycles. The average molecular weight is 286 g/mol. The third-order valence-electron chi connectivity index (χ3n) is 3.17. The number of piperazine rings is 1. The van der Waals surface area contributed by atoms with Gasteiger partial charge < -0.3 is 10.2 Å². The quantitative estimate of drug-likeness (QED) is 0.918. The van der Waals surface area contributed by atoms with Gasteiger partial charge in [-0.05, 0) is 25.2 Å². The molecular weight excluding hydrogens is 269 g/mol. The number of amides is 1. The van der Waals surface area contributed by atoms with Crippen LogP contribution in [0.2, 0.25) is 5.02 Å². The Kier molecular flexibility index (Phi) is 4.74. The van der Waals surface area contributed by atoms with E-state index in [4.69, 9.17) is 11.6 Å². The van der Waals surface area contributed by atoms with Crippen molar-refractivity contribution in [1.82, 2.24) is 9.80 Å². The van der Waals surface area contributed by atoms with Crippen LogP contribution in [0.25, 0.3) is 0 Å². The number of hydrogen-bond donors (Lipinski definition) is 1. The molecule has 1 amide bonds. The van der Waals surface area contributed by atoms with E-state index in [0.717, 1.165) is 26.2 Å². The molecule has 1 N–H and O–H groups in total. The Morgan fingerprint density at radius 2 is 2.05 bits per heavy atom. The highest BCUT2D eigenvalue weighted by Gasteiger charge is 2.17. The van der Waals surface area contributed by atoms with E-state index in [1.807, 2.05) is 0 Å². The number of benzene rings is 1. The highest BCUT2D eigenvalue weighted by Crippen LogP contribution is 2.22. The van der Waals surface area contributed by atoms with Crippen molar-refractivity contribution in [3.8, 4) is 0 Å². The predicted molar refractivity (Wildman–Crippen MR) is 74.0 cm³/mol. The summed E-state index contributed by atoms with van der Waals surface area (Å²) >= 11 is 5.86. The topological polar surface area (TPSA) is 35.6 Å². The summed E-state index contributed by atoms with van der Waals surface area (Å²) in [5, 5.41) is 2.92. The fourth-order valence-corrected chi connectivity index (χ4v) is 2.20. The summed E-state index contributed by atoms with van der Waals surface area (Å²) in [6.45, 7) is 4.01. The second kappa shape index (κ2) is 6.32. The zero-order chi connectivity index (χ0) is 13.8. The molecule has 1 aromatic carbocycles. The first kappa shape index (κ1) is 14.2. The lowest BCUT2D eigenvalue weighted by molar-refractivity contribution is -0.117. The van der Waals surface area contributed by atoms with Crippen LogP contribution in [0.4, 0.5) is 10.1 Å². The van der Waals surface area contributed by atoms with Crippen LogP contribution in [0.5, 0.6) is 0 Å². The van der Waals surface area contributed by atoms with Gasteiger partial charge in [0.2, 0.25) is 5.91 Å². The Morgan fingerprint density at radius 3 is 2.68 bits per heavy atom. The Morgan fingerprint density at radius 1 is 1.37 bits per heavy atom. The zero-order valence-electron chi connectivity index (χ0n) is 10.8.